The number of halogens is 2. The van der Waals surface area contributed by atoms with E-state index in [1.807, 2.05) is 43.9 Å². The van der Waals surface area contributed by atoms with Crippen LogP contribution >= 0.6 is 11.6 Å². The molecule has 18 nitrogen and oxygen atoms in total. The first-order valence-corrected chi connectivity index (χ1v) is 22.8. The molecule has 0 bridgehead atoms. The van der Waals surface area contributed by atoms with Crippen LogP contribution in [-0.2, 0) is 19.1 Å². The van der Waals surface area contributed by atoms with Crippen molar-refractivity contribution in [2.24, 2.45) is 0 Å². The number of nitrogens with one attached hydrogen (secondary N) is 3. The molecule has 3 saturated heterocycles. The first kappa shape index (κ1) is 45.0. The Bertz CT molecular complexity index is 2690. The molecular weight excluding hydrogens is 875 g/mol. The van der Waals surface area contributed by atoms with Crippen LogP contribution in [0.4, 0.5) is 27.5 Å². The smallest absolute Gasteiger partial charge is 0.293 e. The highest BCUT2D eigenvalue weighted by molar-refractivity contribution is 6.33. The predicted molar refractivity (Wildman–Crippen MR) is 243 cm³/mol. The summed E-state index contributed by atoms with van der Waals surface area (Å²) in [6.45, 7) is 8.89. The van der Waals surface area contributed by atoms with Gasteiger partial charge in [0.15, 0.2) is 18.2 Å². The summed E-state index contributed by atoms with van der Waals surface area (Å²) in [5, 5.41) is 9.07. The number of piperidine rings is 2. The predicted octanol–water partition coefficient (Wildman–Crippen LogP) is 4.16. The van der Waals surface area contributed by atoms with Crippen LogP contribution < -0.4 is 36.0 Å². The first-order chi connectivity index (χ1) is 31.7. The number of anilines is 4. The minimum atomic E-state index is -1.12. The molecule has 4 fully saturated rings. The van der Waals surface area contributed by atoms with Gasteiger partial charge in [-0.15, -0.1) is 0 Å². The van der Waals surface area contributed by atoms with Gasteiger partial charge in [0.25, 0.3) is 23.3 Å². The third-order valence-electron chi connectivity index (χ3n) is 13.3. The van der Waals surface area contributed by atoms with Crippen LogP contribution in [0.15, 0.2) is 47.4 Å². The Balaban J connectivity index is 0.762. The summed E-state index contributed by atoms with van der Waals surface area (Å²) in [6, 6.07) is 8.73. The zero-order chi connectivity index (χ0) is 46.6. The third-order valence-corrected chi connectivity index (χ3v) is 13.6. The monoisotopic (exact) mass is 926 g/mol. The van der Waals surface area contributed by atoms with Crippen LogP contribution in [0.1, 0.15) is 86.1 Å². The van der Waals surface area contributed by atoms with Gasteiger partial charge in [-0.05, 0) is 89.3 Å². The van der Waals surface area contributed by atoms with Gasteiger partial charge < -0.3 is 34.5 Å². The van der Waals surface area contributed by atoms with Gasteiger partial charge in [-0.3, -0.25) is 43.9 Å². The molecule has 348 valence electrons. The average molecular weight is 927 g/mol. The van der Waals surface area contributed by atoms with E-state index in [-0.39, 0.29) is 77.8 Å². The molecule has 2 aromatic heterocycles. The zero-order valence-electron chi connectivity index (χ0n) is 37.1. The van der Waals surface area contributed by atoms with E-state index in [2.05, 4.69) is 30.7 Å². The highest BCUT2D eigenvalue weighted by Gasteiger charge is 2.46. The summed E-state index contributed by atoms with van der Waals surface area (Å²) in [7, 11) is 1.50. The molecule has 4 aliphatic heterocycles. The number of rotatable bonds is 12. The van der Waals surface area contributed by atoms with Gasteiger partial charge in [-0.2, -0.15) is 4.98 Å². The maximum Gasteiger partial charge on any atom is 0.293 e. The highest BCUT2D eigenvalue weighted by atomic mass is 35.5. The number of hydrogen-bond acceptors (Lipinski definition) is 14. The van der Waals surface area contributed by atoms with E-state index >= 15 is 4.39 Å². The van der Waals surface area contributed by atoms with E-state index < -0.39 is 35.5 Å². The minimum Gasteiger partial charge on any atom is -0.478 e. The van der Waals surface area contributed by atoms with E-state index in [1.54, 1.807) is 16.8 Å². The van der Waals surface area contributed by atoms with Gasteiger partial charge in [0.1, 0.15) is 16.9 Å². The van der Waals surface area contributed by atoms with Crippen molar-refractivity contribution in [3.05, 3.63) is 74.9 Å². The molecule has 0 unspecified atom stereocenters. The fourth-order valence-electron chi connectivity index (χ4n) is 9.75. The SMILES string of the molecule is CNC(=O)COc1cc2cc(Nc3nc(N4CCC(OC5CC(N6CCN(c7cc8c(cc7F)C(=O)N([C@@H]7CCC(=O)NC7=O)C8=O)[C@H](C)C6)C5)CC4)ncc3Cl)ccc2n(C(C)C)c1=O. The number of aromatic nitrogens is 3. The van der Waals surface area contributed by atoms with E-state index in [1.165, 1.54) is 13.1 Å². The van der Waals surface area contributed by atoms with Gasteiger partial charge in [0.2, 0.25) is 17.8 Å². The van der Waals surface area contributed by atoms with Crippen molar-refractivity contribution in [1.29, 1.82) is 0 Å². The van der Waals surface area contributed by atoms with Crippen LogP contribution in [0.25, 0.3) is 10.9 Å². The molecule has 9 rings (SSSR count). The third kappa shape index (κ3) is 8.66. The number of hydrogen-bond donors (Lipinski definition) is 3. The van der Waals surface area contributed by atoms with Gasteiger partial charge in [0, 0.05) is 75.4 Å². The van der Waals surface area contributed by atoms with Crippen molar-refractivity contribution in [3.63, 3.8) is 0 Å². The Morgan fingerprint density at radius 2 is 1.71 bits per heavy atom. The lowest BCUT2D eigenvalue weighted by atomic mass is 9.86. The van der Waals surface area contributed by atoms with Crippen molar-refractivity contribution >= 4 is 75.2 Å². The number of amides is 5. The van der Waals surface area contributed by atoms with Gasteiger partial charge in [-0.1, -0.05) is 11.6 Å². The standard InChI is InChI=1S/C46H52ClFN10O8/c1-24(2)57-35-6-5-27(15-26(35)16-38(45(57)64)65-23-40(60)49-4)51-41-33(47)21-50-46(53-41)54-11-9-29(10-12-54)66-30-17-28(18-30)55-13-14-56(25(3)22-55)37-20-32-31(19-34(37)48)43(62)58(44(32)63)36-7-8-39(59)52-42(36)61/h5-6,15-16,19-21,24-25,28-30,36H,7-14,17-18,22-23H2,1-4H3,(H,49,60)(H,50,51,53)(H,52,59,61)/t25-,28?,30?,36-/m1/s1. The number of ether oxygens (including phenoxy) is 2. The lowest BCUT2D eigenvalue weighted by Gasteiger charge is -2.49. The van der Waals surface area contributed by atoms with Crippen molar-refractivity contribution in [3.8, 4) is 5.75 Å². The van der Waals surface area contributed by atoms with E-state index in [4.69, 9.17) is 26.1 Å². The van der Waals surface area contributed by atoms with Crippen LogP contribution in [0.3, 0.4) is 0 Å². The Morgan fingerprint density at radius 1 is 0.970 bits per heavy atom. The van der Waals surface area contributed by atoms with Crippen LogP contribution in [0, 0.1) is 5.82 Å². The van der Waals surface area contributed by atoms with Crippen LogP contribution in [-0.4, -0.2) is 131 Å². The first-order valence-electron chi connectivity index (χ1n) is 22.5. The number of pyridine rings is 1. The van der Waals surface area contributed by atoms with Gasteiger partial charge in [-0.25, -0.2) is 9.37 Å². The topological polar surface area (TPSA) is 201 Å². The number of likely N-dealkylation sites (N-methyl/N-ethyl adjacent to an activating group) is 1. The molecule has 2 atom stereocenters. The molecular formula is C46H52ClFN10O8. The summed E-state index contributed by atoms with van der Waals surface area (Å²) >= 11 is 6.59. The molecule has 1 saturated carbocycles. The molecule has 0 spiro atoms. The summed E-state index contributed by atoms with van der Waals surface area (Å²) in [4.78, 5) is 92.5. The van der Waals surface area contributed by atoms with E-state index in [9.17, 15) is 28.8 Å². The highest BCUT2D eigenvalue weighted by Crippen LogP contribution is 2.37. The van der Waals surface area contributed by atoms with Crippen molar-refractivity contribution in [2.45, 2.75) is 95.7 Å². The molecule has 4 aromatic rings. The zero-order valence-corrected chi connectivity index (χ0v) is 37.9. The van der Waals surface area contributed by atoms with Gasteiger partial charge in [0.05, 0.1) is 40.7 Å². The summed E-state index contributed by atoms with van der Waals surface area (Å²) in [5.41, 5.74) is 1.31. The molecule has 5 aliphatic rings. The number of fused-ring (bicyclic) bond motifs is 2. The van der Waals surface area contributed by atoms with Crippen molar-refractivity contribution in [2.75, 3.05) is 61.5 Å². The normalized spacial score (nSPS) is 22.7. The summed E-state index contributed by atoms with van der Waals surface area (Å²) in [5.74, 6) is -2.45. The summed E-state index contributed by atoms with van der Waals surface area (Å²) < 4.78 is 29.5. The van der Waals surface area contributed by atoms with E-state index in [0.29, 0.717) is 66.8 Å². The Labute approximate surface area is 384 Å². The Morgan fingerprint density at radius 3 is 2.41 bits per heavy atom. The quantitative estimate of drug-likeness (QED) is 0.171. The number of carbonyl (C=O) groups excluding carboxylic acids is 5. The van der Waals surface area contributed by atoms with Crippen LogP contribution in [0.5, 0.6) is 5.75 Å². The second-order valence-electron chi connectivity index (χ2n) is 17.9. The lowest BCUT2D eigenvalue weighted by molar-refractivity contribution is -0.136. The molecule has 2 aromatic carbocycles. The number of benzene rings is 2. The molecule has 3 N–H and O–H groups in total. The second-order valence-corrected chi connectivity index (χ2v) is 18.3. The van der Waals surface area contributed by atoms with E-state index in [0.717, 1.165) is 42.0 Å². The minimum absolute atomic E-state index is 0.00619. The number of carbonyl (C=O) groups is 5. The maximum absolute atomic E-state index is 15.7. The Hall–Kier alpha value is -6.18. The molecule has 66 heavy (non-hydrogen) atoms. The van der Waals surface area contributed by atoms with Crippen molar-refractivity contribution in [1.82, 2.24) is 35.0 Å². The van der Waals surface area contributed by atoms with Gasteiger partial charge >= 0.3 is 0 Å². The fourth-order valence-corrected chi connectivity index (χ4v) is 9.89. The number of piperazine rings is 1. The maximum atomic E-state index is 15.7. The average Bonchev–Trinajstić information content (AvgIpc) is 3.51. The van der Waals surface area contributed by atoms with Crippen LogP contribution in [0.2, 0.25) is 5.02 Å². The fraction of sp³-hybridized carbons (Fsp3) is 0.478. The van der Waals surface area contributed by atoms with Crippen molar-refractivity contribution < 1.29 is 37.8 Å². The number of nitrogens with zero attached hydrogens (tertiary/aromatic N) is 7. The Kier molecular flexibility index (Phi) is 12.4. The molecule has 1 aliphatic carbocycles. The lowest BCUT2D eigenvalue weighted by Crippen LogP contribution is -2.59. The molecule has 5 amide bonds. The number of imide groups is 2. The molecule has 0 radical (unpaired) electrons. The summed E-state index contributed by atoms with van der Waals surface area (Å²) in [6.07, 6.45) is 5.28. The second kappa shape index (κ2) is 18.2. The molecule has 6 heterocycles. The molecule has 20 heteroatoms. The largest absolute Gasteiger partial charge is 0.478 e.